The van der Waals surface area contributed by atoms with E-state index < -0.39 is 9.84 Å². The zero-order chi connectivity index (χ0) is 25.8. The van der Waals surface area contributed by atoms with Crippen molar-refractivity contribution in [1.82, 2.24) is 0 Å². The standard InChI is InChI=1S/C13H6Br2O3S.C13H6Br2OS/c14-7-1-3-11-9(5-7)13(16)10-6-8(15)2-4-12(10)19(11,17)18;14-7-1-3-11-9(5-7)13(16)10-6-8(15)2-4-12(10)17-11/h1-6H;1-6H. The highest BCUT2D eigenvalue weighted by Gasteiger charge is 2.34. The number of halogens is 4. The first kappa shape index (κ1) is 25.9. The van der Waals surface area contributed by atoms with Crippen LogP contribution in [-0.4, -0.2) is 14.2 Å². The fourth-order valence-corrected chi connectivity index (χ4v) is 7.98. The molecule has 4 aromatic carbocycles. The van der Waals surface area contributed by atoms with Gasteiger partial charge in [0.25, 0.3) is 0 Å². The lowest BCUT2D eigenvalue weighted by atomic mass is 10.0. The van der Waals surface area contributed by atoms with Gasteiger partial charge in [-0.2, -0.15) is 0 Å². The Morgan fingerprint density at radius 3 is 1.39 bits per heavy atom. The van der Waals surface area contributed by atoms with Crippen molar-refractivity contribution in [2.45, 2.75) is 9.79 Å². The van der Waals surface area contributed by atoms with Gasteiger partial charge in [-0.3, -0.25) is 9.59 Å². The van der Waals surface area contributed by atoms with Crippen molar-refractivity contribution < 1.29 is 13.2 Å². The van der Waals surface area contributed by atoms with Gasteiger partial charge in [-0.15, -0.1) is 11.3 Å². The third kappa shape index (κ3) is 4.68. The maximum atomic E-state index is 12.5. The monoisotopic (exact) mass is 768 g/mol. The van der Waals surface area contributed by atoms with Gasteiger partial charge in [-0.05, 0) is 72.8 Å². The van der Waals surface area contributed by atoms with Crippen molar-refractivity contribution in [3.63, 3.8) is 0 Å². The van der Waals surface area contributed by atoms with Gasteiger partial charge in [-0.25, -0.2) is 8.42 Å². The molecule has 0 saturated carbocycles. The van der Waals surface area contributed by atoms with E-state index in [1.807, 2.05) is 36.4 Å². The van der Waals surface area contributed by atoms with Crippen LogP contribution in [0, 0.1) is 0 Å². The Morgan fingerprint density at radius 2 is 0.944 bits per heavy atom. The van der Waals surface area contributed by atoms with Crippen LogP contribution in [-0.2, 0) is 9.84 Å². The number of rotatable bonds is 0. The number of ketones is 1. The summed E-state index contributed by atoms with van der Waals surface area (Å²) in [7, 11) is -3.63. The van der Waals surface area contributed by atoms with Crippen LogP contribution < -0.4 is 5.43 Å². The second-order valence-corrected chi connectivity index (χ2v) is 14.5. The summed E-state index contributed by atoms with van der Waals surface area (Å²) in [5, 5.41) is 1.55. The molecule has 2 heterocycles. The molecule has 6 rings (SSSR count). The quantitative estimate of drug-likeness (QED) is 0.145. The molecule has 1 aliphatic rings. The third-order valence-electron chi connectivity index (χ3n) is 5.54. The lowest BCUT2D eigenvalue weighted by Crippen LogP contribution is -2.20. The SMILES string of the molecule is O=C1c2cc(Br)ccc2S(=O)(=O)c2ccc(Br)cc21.O=c1c2cc(Br)ccc2sc2ccc(Br)cc12. The van der Waals surface area contributed by atoms with Crippen molar-refractivity contribution in [2.24, 2.45) is 0 Å². The molecule has 36 heavy (non-hydrogen) atoms. The molecular weight excluding hydrogens is 760 g/mol. The smallest absolute Gasteiger partial charge is 0.208 e. The first-order valence-electron chi connectivity index (χ1n) is 10.3. The van der Waals surface area contributed by atoms with Crippen molar-refractivity contribution in [1.29, 1.82) is 0 Å². The minimum absolute atomic E-state index is 0.0653. The lowest BCUT2D eigenvalue weighted by Gasteiger charge is -2.19. The van der Waals surface area contributed by atoms with Crippen LogP contribution in [0.3, 0.4) is 0 Å². The first-order valence-corrected chi connectivity index (χ1v) is 15.7. The summed E-state index contributed by atoms with van der Waals surface area (Å²) < 4.78 is 30.2. The Kier molecular flexibility index (Phi) is 7.12. The summed E-state index contributed by atoms with van der Waals surface area (Å²) in [5.41, 5.74) is 0.510. The zero-order valence-corrected chi connectivity index (χ0v) is 25.9. The van der Waals surface area contributed by atoms with E-state index in [9.17, 15) is 18.0 Å². The maximum absolute atomic E-state index is 12.5. The predicted octanol–water partition coefficient (Wildman–Crippen LogP) is 8.53. The summed E-state index contributed by atoms with van der Waals surface area (Å²) in [4.78, 5) is 24.9. The van der Waals surface area contributed by atoms with Gasteiger partial charge in [0, 0.05) is 49.2 Å². The van der Waals surface area contributed by atoms with E-state index in [0.717, 1.165) is 29.1 Å². The van der Waals surface area contributed by atoms with Crippen LogP contribution in [0.1, 0.15) is 15.9 Å². The Morgan fingerprint density at radius 1 is 0.556 bits per heavy atom. The molecule has 1 aromatic heterocycles. The number of hydrogen-bond acceptors (Lipinski definition) is 5. The van der Waals surface area contributed by atoms with E-state index in [0.29, 0.717) is 8.95 Å². The topological polar surface area (TPSA) is 68.3 Å². The number of carbonyl (C=O) groups excluding carboxylic acids is 1. The molecule has 180 valence electrons. The Bertz CT molecular complexity index is 1770. The fourth-order valence-electron chi connectivity index (χ4n) is 3.89. The number of hydrogen-bond donors (Lipinski definition) is 0. The van der Waals surface area contributed by atoms with Crippen molar-refractivity contribution >= 4 is 111 Å². The Labute approximate surface area is 243 Å². The third-order valence-corrected chi connectivity index (χ3v) is 10.5. The normalized spacial score (nSPS) is 13.6. The summed E-state index contributed by atoms with van der Waals surface area (Å²) in [5.74, 6) is -0.276. The van der Waals surface area contributed by atoms with Crippen molar-refractivity contribution in [3.8, 4) is 0 Å². The highest BCUT2D eigenvalue weighted by Crippen LogP contribution is 2.36. The minimum atomic E-state index is -3.63. The van der Waals surface area contributed by atoms with Crippen molar-refractivity contribution in [2.75, 3.05) is 0 Å². The van der Waals surface area contributed by atoms with Crippen LogP contribution in [0.2, 0.25) is 0 Å². The molecule has 10 heteroatoms. The lowest BCUT2D eigenvalue weighted by molar-refractivity contribution is 0.103. The second kappa shape index (κ2) is 9.89. The van der Waals surface area contributed by atoms with Crippen LogP contribution in [0.15, 0.2) is 105 Å². The van der Waals surface area contributed by atoms with Gasteiger partial charge in [0.05, 0.1) is 9.79 Å². The molecule has 5 aromatic rings. The Hall–Kier alpha value is -1.69. The molecule has 0 N–H and O–H groups in total. The van der Waals surface area contributed by atoms with Gasteiger partial charge >= 0.3 is 0 Å². The van der Waals surface area contributed by atoms with E-state index in [1.54, 1.807) is 35.6 Å². The fraction of sp³-hybridized carbons (Fsp3) is 0. The molecule has 1 aliphatic heterocycles. The summed E-state index contributed by atoms with van der Waals surface area (Å²) >= 11 is 15.0. The molecule has 0 aliphatic carbocycles. The summed E-state index contributed by atoms with van der Waals surface area (Å²) in [6.07, 6.45) is 0. The molecule has 0 spiro atoms. The van der Waals surface area contributed by atoms with Gasteiger partial charge in [0.1, 0.15) is 0 Å². The Balaban J connectivity index is 0.000000149. The molecule has 0 saturated heterocycles. The molecule has 0 amide bonds. The van der Waals surface area contributed by atoms with E-state index in [4.69, 9.17) is 0 Å². The average molecular weight is 772 g/mol. The van der Waals surface area contributed by atoms with Gasteiger partial charge in [0.2, 0.25) is 9.84 Å². The highest BCUT2D eigenvalue weighted by atomic mass is 79.9. The molecule has 4 nitrogen and oxygen atoms in total. The minimum Gasteiger partial charge on any atom is -0.289 e. The number of benzene rings is 4. The summed E-state index contributed by atoms with van der Waals surface area (Å²) in [6.45, 7) is 0. The molecule has 0 atom stereocenters. The second-order valence-electron chi connectivity index (χ2n) is 7.83. The van der Waals surface area contributed by atoms with Crippen LogP contribution in [0.25, 0.3) is 20.2 Å². The largest absolute Gasteiger partial charge is 0.289 e. The zero-order valence-electron chi connectivity index (χ0n) is 17.9. The summed E-state index contributed by atoms with van der Waals surface area (Å²) in [6, 6.07) is 20.9. The van der Waals surface area contributed by atoms with Crippen LogP contribution in [0.5, 0.6) is 0 Å². The maximum Gasteiger partial charge on any atom is 0.208 e. The van der Waals surface area contributed by atoms with Crippen LogP contribution >= 0.6 is 75.1 Å². The molecular formula is C26H12Br4O4S2. The van der Waals surface area contributed by atoms with Gasteiger partial charge in [-0.1, -0.05) is 63.7 Å². The number of sulfone groups is 1. The number of fused-ring (bicyclic) bond motifs is 4. The first-order chi connectivity index (χ1) is 17.1. The highest BCUT2D eigenvalue weighted by molar-refractivity contribution is 9.11. The predicted molar refractivity (Wildman–Crippen MR) is 158 cm³/mol. The van der Waals surface area contributed by atoms with Crippen LogP contribution in [0.4, 0.5) is 0 Å². The number of carbonyl (C=O) groups is 1. The molecule has 0 fully saturated rings. The van der Waals surface area contributed by atoms with E-state index in [2.05, 4.69) is 63.7 Å². The molecule has 0 radical (unpaired) electrons. The van der Waals surface area contributed by atoms with Crippen molar-refractivity contribution in [3.05, 3.63) is 112 Å². The van der Waals surface area contributed by atoms with Gasteiger partial charge < -0.3 is 0 Å². The molecule has 0 unspecified atom stereocenters. The van der Waals surface area contributed by atoms with E-state index in [-0.39, 0.29) is 32.1 Å². The average Bonchev–Trinajstić information content (AvgIpc) is 2.84. The van der Waals surface area contributed by atoms with E-state index in [1.165, 1.54) is 12.1 Å². The molecule has 0 bridgehead atoms. The van der Waals surface area contributed by atoms with Gasteiger partial charge in [0.15, 0.2) is 11.2 Å². The van der Waals surface area contributed by atoms with E-state index >= 15 is 0 Å².